The highest BCUT2D eigenvalue weighted by Gasteiger charge is 2.05. The number of hydrogen-bond donors (Lipinski definition) is 1. The van der Waals surface area contributed by atoms with Gasteiger partial charge in [0.15, 0.2) is 0 Å². The van der Waals surface area contributed by atoms with Crippen molar-refractivity contribution in [3.8, 4) is 0 Å². The Bertz CT molecular complexity index is 333. The van der Waals surface area contributed by atoms with Crippen molar-refractivity contribution < 1.29 is 17.9 Å². The third-order valence-electron chi connectivity index (χ3n) is 1.75. The molecule has 1 aromatic carbocycles. The van der Waals surface area contributed by atoms with Crippen molar-refractivity contribution in [3.63, 3.8) is 0 Å². The zero-order valence-corrected chi connectivity index (χ0v) is 7.79. The molecule has 2 N–H and O–H groups in total. The molecule has 0 unspecified atom stereocenters. The third-order valence-corrected chi connectivity index (χ3v) is 1.75. The normalized spacial score (nSPS) is 12.0. The maximum absolute atomic E-state index is 12.5. The second-order valence-corrected chi connectivity index (χ2v) is 2.90. The van der Waals surface area contributed by atoms with Crippen molar-refractivity contribution in [1.82, 2.24) is 0 Å². The summed E-state index contributed by atoms with van der Waals surface area (Å²) in [7, 11) is 0. The Kier molecular flexibility index (Phi) is 4.17. The number of benzene rings is 1. The van der Waals surface area contributed by atoms with Gasteiger partial charge in [-0.05, 0) is 17.7 Å². The Morgan fingerprint density at radius 2 is 1.93 bits per heavy atom. The first-order chi connectivity index (χ1) is 7.09. The molecular weight excluding hydrogens is 207 g/mol. The van der Waals surface area contributed by atoms with E-state index in [1.165, 1.54) is 24.3 Å². The van der Waals surface area contributed by atoms with E-state index in [0.29, 0.717) is 11.8 Å². The van der Waals surface area contributed by atoms with E-state index in [-0.39, 0.29) is 12.4 Å². The second-order valence-electron chi connectivity index (χ2n) is 2.90. The second kappa shape index (κ2) is 5.41. The summed E-state index contributed by atoms with van der Waals surface area (Å²) >= 11 is 0. The molecule has 1 rings (SSSR count). The summed E-state index contributed by atoms with van der Waals surface area (Å²) in [5.41, 5.74) is 6.24. The van der Waals surface area contributed by atoms with Crippen LogP contribution in [-0.2, 0) is 4.74 Å². The fraction of sp³-hybridized carbons (Fsp3) is 0.200. The van der Waals surface area contributed by atoms with Crippen LogP contribution in [0.25, 0.3) is 0 Å². The fourth-order valence-corrected chi connectivity index (χ4v) is 1.02. The maximum atomic E-state index is 12.5. The first kappa shape index (κ1) is 11.6. The van der Waals surface area contributed by atoms with Crippen molar-refractivity contribution in [2.24, 2.45) is 5.73 Å². The Hall–Kier alpha value is -1.49. The minimum absolute atomic E-state index is 0.0804. The highest BCUT2D eigenvalue weighted by Crippen LogP contribution is 2.11. The Balaban J connectivity index is 2.50. The molecule has 0 bridgehead atoms. The molecule has 0 saturated heterocycles. The predicted molar refractivity (Wildman–Crippen MR) is 49.6 cm³/mol. The lowest BCUT2D eigenvalue weighted by Gasteiger charge is -2.10. The monoisotopic (exact) mass is 217 g/mol. The van der Waals surface area contributed by atoms with E-state index in [0.717, 1.165) is 0 Å². The van der Waals surface area contributed by atoms with Gasteiger partial charge in [0.05, 0.1) is 6.04 Å². The minimum Gasteiger partial charge on any atom is -0.494 e. The van der Waals surface area contributed by atoms with Crippen LogP contribution in [0.1, 0.15) is 11.6 Å². The van der Waals surface area contributed by atoms with Crippen molar-refractivity contribution >= 4 is 0 Å². The van der Waals surface area contributed by atoms with Gasteiger partial charge >= 0.3 is 6.08 Å². The maximum Gasteiger partial charge on any atom is 0.304 e. The van der Waals surface area contributed by atoms with E-state index in [1.54, 1.807) is 0 Å². The fourth-order valence-electron chi connectivity index (χ4n) is 1.02. The molecule has 1 atom stereocenters. The summed E-state index contributed by atoms with van der Waals surface area (Å²) in [4.78, 5) is 0. The molecule has 1 aromatic rings. The van der Waals surface area contributed by atoms with Crippen molar-refractivity contribution in [1.29, 1.82) is 0 Å². The van der Waals surface area contributed by atoms with Crippen LogP contribution < -0.4 is 5.73 Å². The minimum atomic E-state index is -1.92. The highest BCUT2D eigenvalue weighted by atomic mass is 19.3. The first-order valence-corrected chi connectivity index (χ1v) is 4.23. The van der Waals surface area contributed by atoms with Crippen molar-refractivity contribution in [2.75, 3.05) is 6.61 Å². The van der Waals surface area contributed by atoms with Gasteiger partial charge in [-0.25, -0.2) is 4.39 Å². The molecule has 0 fully saturated rings. The van der Waals surface area contributed by atoms with Crippen LogP contribution in [0.2, 0.25) is 0 Å². The summed E-state index contributed by atoms with van der Waals surface area (Å²) in [5.74, 6) is -0.374. The third kappa shape index (κ3) is 4.03. The van der Waals surface area contributed by atoms with Gasteiger partial charge in [0.2, 0.25) is 0 Å². The summed E-state index contributed by atoms with van der Waals surface area (Å²) in [6.07, 6.45) is -1.58. The molecule has 0 aliphatic heterocycles. The molecule has 2 nitrogen and oxygen atoms in total. The molecule has 5 heteroatoms. The quantitative estimate of drug-likeness (QED) is 0.786. The van der Waals surface area contributed by atoms with Crippen LogP contribution in [0, 0.1) is 5.82 Å². The van der Waals surface area contributed by atoms with E-state index in [1.807, 2.05) is 0 Å². The number of ether oxygens (including phenoxy) is 1. The molecule has 82 valence electrons. The van der Waals surface area contributed by atoms with E-state index in [2.05, 4.69) is 4.74 Å². The predicted octanol–water partition coefficient (Wildman–Crippen LogP) is 2.58. The SMILES string of the molecule is N[C@@H](COC=C(F)F)c1ccc(F)cc1. The molecule has 0 aromatic heterocycles. The van der Waals surface area contributed by atoms with Gasteiger partial charge in [-0.2, -0.15) is 8.78 Å². The average Bonchev–Trinajstić information content (AvgIpc) is 2.18. The Labute approximate surface area is 85.2 Å². The average molecular weight is 217 g/mol. The molecule has 0 saturated carbocycles. The van der Waals surface area contributed by atoms with E-state index < -0.39 is 12.1 Å². The van der Waals surface area contributed by atoms with Crippen LogP contribution in [0.5, 0.6) is 0 Å². The van der Waals surface area contributed by atoms with Crippen molar-refractivity contribution in [2.45, 2.75) is 6.04 Å². The summed E-state index contributed by atoms with van der Waals surface area (Å²) < 4.78 is 40.2. The molecule has 0 amide bonds. The first-order valence-electron chi connectivity index (χ1n) is 4.23. The number of halogens is 3. The van der Waals surface area contributed by atoms with Crippen LogP contribution in [0.15, 0.2) is 36.6 Å². The number of hydrogen-bond acceptors (Lipinski definition) is 2. The summed E-state index contributed by atoms with van der Waals surface area (Å²) in [6, 6.07) is 4.92. The van der Waals surface area contributed by atoms with Crippen molar-refractivity contribution in [3.05, 3.63) is 48.0 Å². The number of rotatable bonds is 4. The van der Waals surface area contributed by atoms with Gasteiger partial charge in [-0.1, -0.05) is 12.1 Å². The van der Waals surface area contributed by atoms with E-state index in [9.17, 15) is 13.2 Å². The molecule has 0 aliphatic carbocycles. The molecule has 0 spiro atoms. The zero-order chi connectivity index (χ0) is 11.3. The molecule has 15 heavy (non-hydrogen) atoms. The topological polar surface area (TPSA) is 35.2 Å². The lowest BCUT2D eigenvalue weighted by molar-refractivity contribution is 0.207. The van der Waals surface area contributed by atoms with Gasteiger partial charge in [0, 0.05) is 0 Å². The largest absolute Gasteiger partial charge is 0.494 e. The lowest BCUT2D eigenvalue weighted by atomic mass is 10.1. The lowest BCUT2D eigenvalue weighted by Crippen LogP contribution is -2.15. The van der Waals surface area contributed by atoms with Crippen LogP contribution in [0.4, 0.5) is 13.2 Å². The Morgan fingerprint density at radius 3 is 2.47 bits per heavy atom. The van der Waals surface area contributed by atoms with E-state index in [4.69, 9.17) is 5.73 Å². The van der Waals surface area contributed by atoms with Gasteiger partial charge in [0.25, 0.3) is 0 Å². The highest BCUT2D eigenvalue weighted by molar-refractivity contribution is 5.19. The molecule has 0 heterocycles. The summed E-state index contributed by atoms with van der Waals surface area (Å²) in [5, 5.41) is 0. The van der Waals surface area contributed by atoms with Crippen LogP contribution >= 0.6 is 0 Å². The Morgan fingerprint density at radius 1 is 1.33 bits per heavy atom. The van der Waals surface area contributed by atoms with Crippen LogP contribution in [0.3, 0.4) is 0 Å². The standard InChI is InChI=1S/C10H10F3NO/c11-8-3-1-7(2-4-8)9(14)5-15-6-10(12)13/h1-4,6,9H,5,14H2/t9-/m0/s1. The smallest absolute Gasteiger partial charge is 0.304 e. The zero-order valence-electron chi connectivity index (χ0n) is 7.79. The van der Waals surface area contributed by atoms with E-state index >= 15 is 0 Å². The molecule has 0 radical (unpaired) electrons. The molecule has 0 aliphatic rings. The van der Waals surface area contributed by atoms with Gasteiger partial charge in [0.1, 0.15) is 18.7 Å². The van der Waals surface area contributed by atoms with Gasteiger partial charge in [-0.3, -0.25) is 0 Å². The van der Waals surface area contributed by atoms with Gasteiger partial charge in [-0.15, -0.1) is 0 Å². The summed E-state index contributed by atoms with van der Waals surface area (Å²) in [6.45, 7) is -0.0804. The molecular formula is C10H10F3NO. The van der Waals surface area contributed by atoms with Gasteiger partial charge < -0.3 is 10.5 Å². The van der Waals surface area contributed by atoms with Crippen LogP contribution in [-0.4, -0.2) is 6.61 Å². The number of nitrogens with two attached hydrogens (primary N) is 1.